The first kappa shape index (κ1) is 19.9. The second-order valence-corrected chi connectivity index (χ2v) is 7.15. The maximum Gasteiger partial charge on any atom is 0.408 e. The number of nitrogens with one attached hydrogen (secondary N) is 2. The van der Waals surface area contributed by atoms with Crippen LogP contribution in [-0.2, 0) is 16.1 Å². The van der Waals surface area contributed by atoms with Gasteiger partial charge in [-0.2, -0.15) is 0 Å². The standard InChI is InChI=1S/C19H25N3O3S/c1-14(21-19(24)25-13-15-8-5-4-6-9-15)18(23)20-12-16(22(2)3)17-10-7-11-26-17/h4-11,14,16H,12-13H2,1-3H3,(H,20,23)(H,21,24)/t14-,16?/m0/s1. The number of nitrogens with zero attached hydrogens (tertiary/aromatic N) is 1. The summed E-state index contributed by atoms with van der Waals surface area (Å²) in [6.07, 6.45) is -0.612. The highest BCUT2D eigenvalue weighted by molar-refractivity contribution is 7.10. The normalized spacial score (nSPS) is 13.1. The van der Waals surface area contributed by atoms with E-state index in [9.17, 15) is 9.59 Å². The third-order valence-electron chi connectivity index (χ3n) is 3.90. The van der Waals surface area contributed by atoms with Gasteiger partial charge in [0.15, 0.2) is 0 Å². The van der Waals surface area contributed by atoms with Gasteiger partial charge >= 0.3 is 6.09 Å². The molecule has 140 valence electrons. The lowest BCUT2D eigenvalue weighted by atomic mass is 10.2. The van der Waals surface area contributed by atoms with Crippen molar-refractivity contribution in [2.75, 3.05) is 20.6 Å². The van der Waals surface area contributed by atoms with Crippen LogP contribution in [0.5, 0.6) is 0 Å². The van der Waals surface area contributed by atoms with Crippen LogP contribution in [0.25, 0.3) is 0 Å². The van der Waals surface area contributed by atoms with Gasteiger partial charge in [-0.05, 0) is 38.0 Å². The monoisotopic (exact) mass is 375 g/mol. The summed E-state index contributed by atoms with van der Waals surface area (Å²) in [6, 6.07) is 12.8. The lowest BCUT2D eigenvalue weighted by molar-refractivity contribution is -0.122. The SMILES string of the molecule is C[C@H](NC(=O)OCc1ccccc1)C(=O)NCC(c1cccs1)N(C)C. The Kier molecular flexibility index (Phi) is 7.62. The number of amides is 2. The van der Waals surface area contributed by atoms with E-state index in [1.54, 1.807) is 18.3 Å². The van der Waals surface area contributed by atoms with E-state index in [0.717, 1.165) is 5.56 Å². The molecule has 0 aliphatic rings. The average Bonchev–Trinajstić information content (AvgIpc) is 3.14. The smallest absolute Gasteiger partial charge is 0.408 e. The number of ether oxygens (including phenoxy) is 1. The number of alkyl carbamates (subject to hydrolysis) is 1. The van der Waals surface area contributed by atoms with Crippen molar-refractivity contribution in [1.82, 2.24) is 15.5 Å². The van der Waals surface area contributed by atoms with Crippen LogP contribution in [0.2, 0.25) is 0 Å². The number of benzene rings is 1. The van der Waals surface area contributed by atoms with E-state index in [4.69, 9.17) is 4.74 Å². The van der Waals surface area contributed by atoms with E-state index in [1.807, 2.05) is 61.9 Å². The van der Waals surface area contributed by atoms with Crippen LogP contribution >= 0.6 is 11.3 Å². The predicted molar refractivity (Wildman–Crippen MR) is 103 cm³/mol. The first-order valence-corrected chi connectivity index (χ1v) is 9.30. The van der Waals surface area contributed by atoms with E-state index >= 15 is 0 Å². The molecular weight excluding hydrogens is 350 g/mol. The summed E-state index contributed by atoms with van der Waals surface area (Å²) in [5.41, 5.74) is 0.893. The van der Waals surface area contributed by atoms with Gasteiger partial charge in [0.2, 0.25) is 5.91 Å². The summed E-state index contributed by atoms with van der Waals surface area (Å²) < 4.78 is 5.14. The van der Waals surface area contributed by atoms with Crippen molar-refractivity contribution in [3.8, 4) is 0 Å². The molecule has 0 bridgehead atoms. The molecule has 2 amide bonds. The largest absolute Gasteiger partial charge is 0.445 e. The van der Waals surface area contributed by atoms with Gasteiger partial charge in [-0.3, -0.25) is 4.79 Å². The van der Waals surface area contributed by atoms with Crippen LogP contribution in [0.1, 0.15) is 23.4 Å². The zero-order chi connectivity index (χ0) is 18.9. The van der Waals surface area contributed by atoms with Crippen LogP contribution in [-0.4, -0.2) is 43.6 Å². The molecule has 0 spiro atoms. The van der Waals surface area contributed by atoms with Crippen LogP contribution in [0.4, 0.5) is 4.79 Å². The number of likely N-dealkylation sites (N-methyl/N-ethyl adjacent to an activating group) is 1. The second kappa shape index (κ2) is 9.94. The Morgan fingerprint density at radius 3 is 2.50 bits per heavy atom. The van der Waals surface area contributed by atoms with Gasteiger partial charge in [0.1, 0.15) is 12.6 Å². The Labute approximate surface area is 158 Å². The van der Waals surface area contributed by atoms with Crippen molar-refractivity contribution in [3.05, 3.63) is 58.3 Å². The third kappa shape index (κ3) is 6.16. The lowest BCUT2D eigenvalue weighted by Crippen LogP contribution is -2.46. The second-order valence-electron chi connectivity index (χ2n) is 6.17. The number of hydrogen-bond donors (Lipinski definition) is 2. The first-order chi connectivity index (χ1) is 12.5. The first-order valence-electron chi connectivity index (χ1n) is 8.42. The Bertz CT molecular complexity index is 689. The fourth-order valence-electron chi connectivity index (χ4n) is 2.38. The molecule has 26 heavy (non-hydrogen) atoms. The van der Waals surface area contributed by atoms with Crippen LogP contribution in [0.15, 0.2) is 47.8 Å². The minimum Gasteiger partial charge on any atom is -0.445 e. The molecular formula is C19H25N3O3S. The van der Waals surface area contributed by atoms with E-state index in [1.165, 1.54) is 4.88 Å². The summed E-state index contributed by atoms with van der Waals surface area (Å²) >= 11 is 1.65. The Balaban J connectivity index is 1.76. The van der Waals surface area contributed by atoms with Gasteiger partial charge in [0, 0.05) is 11.4 Å². The molecule has 2 aromatic rings. The minimum atomic E-state index is -0.676. The fraction of sp³-hybridized carbons (Fsp3) is 0.368. The van der Waals surface area contributed by atoms with E-state index in [2.05, 4.69) is 15.5 Å². The molecule has 7 heteroatoms. The van der Waals surface area contributed by atoms with Crippen LogP contribution in [0, 0.1) is 0 Å². The average molecular weight is 375 g/mol. The van der Waals surface area contributed by atoms with E-state index in [-0.39, 0.29) is 18.6 Å². The molecule has 1 aromatic heterocycles. The molecule has 0 radical (unpaired) electrons. The number of carbonyl (C=O) groups is 2. The molecule has 1 aromatic carbocycles. The molecule has 0 saturated heterocycles. The maximum absolute atomic E-state index is 12.3. The van der Waals surface area contributed by atoms with Crippen LogP contribution in [0.3, 0.4) is 0 Å². The molecule has 1 heterocycles. The van der Waals surface area contributed by atoms with Crippen molar-refractivity contribution in [3.63, 3.8) is 0 Å². The Morgan fingerprint density at radius 2 is 1.88 bits per heavy atom. The molecule has 1 unspecified atom stereocenters. The van der Waals surface area contributed by atoms with Gasteiger partial charge in [0.05, 0.1) is 6.04 Å². The van der Waals surface area contributed by atoms with Gasteiger partial charge in [-0.25, -0.2) is 4.79 Å². The van der Waals surface area contributed by atoms with Crippen LogP contribution < -0.4 is 10.6 Å². The van der Waals surface area contributed by atoms with E-state index < -0.39 is 12.1 Å². The Morgan fingerprint density at radius 1 is 1.15 bits per heavy atom. The molecule has 0 saturated carbocycles. The quantitative estimate of drug-likeness (QED) is 0.744. The summed E-state index contributed by atoms with van der Waals surface area (Å²) in [5.74, 6) is -0.245. The van der Waals surface area contributed by atoms with Gasteiger partial charge in [0.25, 0.3) is 0 Å². The zero-order valence-electron chi connectivity index (χ0n) is 15.3. The third-order valence-corrected chi connectivity index (χ3v) is 4.88. The number of hydrogen-bond acceptors (Lipinski definition) is 5. The molecule has 0 fully saturated rings. The van der Waals surface area contributed by atoms with Crippen molar-refractivity contribution in [2.45, 2.75) is 25.6 Å². The Hall–Kier alpha value is -2.38. The fourth-order valence-corrected chi connectivity index (χ4v) is 3.30. The zero-order valence-corrected chi connectivity index (χ0v) is 16.1. The van der Waals surface area contributed by atoms with Crippen molar-refractivity contribution in [2.24, 2.45) is 0 Å². The number of thiophene rings is 1. The highest BCUT2D eigenvalue weighted by atomic mass is 32.1. The highest BCUT2D eigenvalue weighted by Crippen LogP contribution is 2.22. The van der Waals surface area contributed by atoms with Crippen molar-refractivity contribution >= 4 is 23.3 Å². The highest BCUT2D eigenvalue weighted by Gasteiger charge is 2.20. The molecule has 0 aliphatic heterocycles. The van der Waals surface area contributed by atoms with Gasteiger partial charge in [-0.1, -0.05) is 36.4 Å². The van der Waals surface area contributed by atoms with Gasteiger partial charge in [-0.15, -0.1) is 11.3 Å². The molecule has 2 rings (SSSR count). The number of carbonyl (C=O) groups excluding carboxylic acids is 2. The van der Waals surface area contributed by atoms with Gasteiger partial charge < -0.3 is 20.3 Å². The van der Waals surface area contributed by atoms with E-state index in [0.29, 0.717) is 6.54 Å². The predicted octanol–water partition coefficient (Wildman–Crippen LogP) is 2.78. The molecule has 0 aliphatic carbocycles. The molecule has 6 nitrogen and oxygen atoms in total. The summed E-state index contributed by atoms with van der Waals surface area (Å²) in [5, 5.41) is 7.45. The number of rotatable bonds is 8. The summed E-state index contributed by atoms with van der Waals surface area (Å²) in [6.45, 7) is 2.27. The topological polar surface area (TPSA) is 70.7 Å². The lowest BCUT2D eigenvalue weighted by Gasteiger charge is -2.24. The summed E-state index contributed by atoms with van der Waals surface area (Å²) in [4.78, 5) is 27.3. The maximum atomic E-state index is 12.3. The van der Waals surface area contributed by atoms with Crippen molar-refractivity contribution in [1.29, 1.82) is 0 Å². The van der Waals surface area contributed by atoms with Crippen molar-refractivity contribution < 1.29 is 14.3 Å². The summed E-state index contributed by atoms with van der Waals surface area (Å²) in [7, 11) is 3.94. The minimum absolute atomic E-state index is 0.0937. The molecule has 2 N–H and O–H groups in total. The molecule has 2 atom stereocenters.